The van der Waals surface area contributed by atoms with E-state index in [1.54, 1.807) is 17.0 Å². The third-order valence-electron chi connectivity index (χ3n) is 5.59. The van der Waals surface area contributed by atoms with Crippen molar-refractivity contribution in [3.8, 4) is 11.5 Å². The molecule has 2 aliphatic heterocycles. The second-order valence-corrected chi connectivity index (χ2v) is 11.3. The fraction of sp³-hybridized carbons (Fsp3) is 0.435. The van der Waals surface area contributed by atoms with Crippen molar-refractivity contribution in [2.75, 3.05) is 39.4 Å². The van der Waals surface area contributed by atoms with E-state index in [1.165, 1.54) is 27.7 Å². The number of piperazine rings is 1. The van der Waals surface area contributed by atoms with Crippen LogP contribution in [0.4, 0.5) is 0 Å². The Morgan fingerprint density at radius 1 is 0.969 bits per heavy atom. The van der Waals surface area contributed by atoms with E-state index in [9.17, 15) is 13.2 Å². The van der Waals surface area contributed by atoms with Crippen LogP contribution in [0.15, 0.2) is 52.3 Å². The van der Waals surface area contributed by atoms with Crippen LogP contribution in [0.1, 0.15) is 18.9 Å². The van der Waals surface area contributed by atoms with Crippen molar-refractivity contribution in [1.29, 1.82) is 0 Å². The zero-order valence-electron chi connectivity index (χ0n) is 18.3. The Hall–Kier alpha value is -2.23. The van der Waals surface area contributed by atoms with E-state index in [0.29, 0.717) is 37.8 Å². The highest BCUT2D eigenvalue weighted by Crippen LogP contribution is 2.33. The summed E-state index contributed by atoms with van der Waals surface area (Å²) >= 11 is 1.52. The molecule has 4 rings (SSSR count). The zero-order chi connectivity index (χ0) is 22.7. The van der Waals surface area contributed by atoms with Crippen LogP contribution < -0.4 is 9.47 Å². The Labute approximate surface area is 193 Å². The molecule has 1 saturated heterocycles. The number of benzene rings is 2. The largest absolute Gasteiger partial charge is 0.490 e. The number of amides is 1. The molecule has 0 aliphatic carbocycles. The van der Waals surface area contributed by atoms with E-state index in [0.717, 1.165) is 11.3 Å². The van der Waals surface area contributed by atoms with Gasteiger partial charge in [-0.05, 0) is 38.1 Å². The first-order valence-corrected chi connectivity index (χ1v) is 13.1. The smallest absolute Gasteiger partial charge is 0.243 e. The highest BCUT2D eigenvalue weighted by atomic mass is 32.2. The number of nitrogens with zero attached hydrogens (tertiary/aromatic N) is 2. The highest BCUT2D eigenvalue weighted by molar-refractivity contribution is 8.00. The Kier molecular flexibility index (Phi) is 6.97. The Bertz CT molecular complexity index is 1060. The Balaban J connectivity index is 1.37. The van der Waals surface area contributed by atoms with Gasteiger partial charge in [-0.2, -0.15) is 4.31 Å². The number of hydrogen-bond donors (Lipinski definition) is 0. The lowest BCUT2D eigenvalue weighted by Gasteiger charge is -2.35. The predicted octanol–water partition coefficient (Wildman–Crippen LogP) is 3.17. The molecule has 1 atom stereocenters. The maximum Gasteiger partial charge on any atom is 0.243 e. The molecule has 9 heteroatoms. The van der Waals surface area contributed by atoms with Crippen LogP contribution in [0.3, 0.4) is 0 Å². The van der Waals surface area contributed by atoms with Crippen molar-refractivity contribution in [3.05, 3.63) is 48.0 Å². The van der Waals surface area contributed by atoms with Gasteiger partial charge in [0.05, 0.1) is 23.4 Å². The zero-order valence-corrected chi connectivity index (χ0v) is 20.0. The quantitative estimate of drug-likeness (QED) is 0.617. The Morgan fingerprint density at radius 2 is 1.62 bits per heavy atom. The maximum atomic E-state index is 13.2. The molecule has 2 aliphatic rings. The minimum atomic E-state index is -3.67. The van der Waals surface area contributed by atoms with Gasteiger partial charge in [0.25, 0.3) is 0 Å². The molecule has 2 heterocycles. The minimum absolute atomic E-state index is 0.0307. The van der Waals surface area contributed by atoms with Crippen molar-refractivity contribution in [2.45, 2.75) is 35.3 Å². The first-order valence-electron chi connectivity index (χ1n) is 10.8. The number of carbonyl (C=O) groups is 1. The molecule has 0 bridgehead atoms. The third kappa shape index (κ3) is 5.05. The molecular weight excluding hydrogens is 448 g/mol. The van der Waals surface area contributed by atoms with Gasteiger partial charge in [-0.25, -0.2) is 8.42 Å². The van der Waals surface area contributed by atoms with Gasteiger partial charge in [0.15, 0.2) is 11.5 Å². The number of fused-ring (bicyclic) bond motifs is 1. The number of thioether (sulfide) groups is 1. The second kappa shape index (κ2) is 9.72. The van der Waals surface area contributed by atoms with Gasteiger partial charge in [0, 0.05) is 43.6 Å². The van der Waals surface area contributed by atoms with Gasteiger partial charge in [0.1, 0.15) is 0 Å². The number of aryl methyl sites for hydroxylation is 1. The summed E-state index contributed by atoms with van der Waals surface area (Å²) in [5.74, 6) is 1.06. The SMILES string of the molecule is Cc1ccc(SC(C)C(=O)N2CCN(S(=O)(=O)c3ccc4c(c3)OCCCO4)CC2)cc1. The molecule has 1 fully saturated rings. The van der Waals surface area contributed by atoms with Crippen LogP contribution in [-0.2, 0) is 14.8 Å². The number of hydrogen-bond acceptors (Lipinski definition) is 6. The summed E-state index contributed by atoms with van der Waals surface area (Å²) in [5, 5.41) is -0.234. The molecule has 0 spiro atoms. The summed E-state index contributed by atoms with van der Waals surface area (Å²) in [6.45, 7) is 6.26. The number of carbonyl (C=O) groups excluding carboxylic acids is 1. The van der Waals surface area contributed by atoms with Gasteiger partial charge < -0.3 is 14.4 Å². The van der Waals surface area contributed by atoms with Crippen LogP contribution in [0.5, 0.6) is 11.5 Å². The first-order chi connectivity index (χ1) is 15.3. The summed E-state index contributed by atoms with van der Waals surface area (Å²) in [4.78, 5) is 15.9. The molecule has 0 radical (unpaired) electrons. The highest BCUT2D eigenvalue weighted by Gasteiger charge is 2.32. The first kappa shape index (κ1) is 22.9. The van der Waals surface area contributed by atoms with Gasteiger partial charge in [0.2, 0.25) is 15.9 Å². The van der Waals surface area contributed by atoms with Gasteiger partial charge in [-0.15, -0.1) is 11.8 Å². The van der Waals surface area contributed by atoms with Crippen LogP contribution in [0, 0.1) is 6.92 Å². The molecule has 7 nitrogen and oxygen atoms in total. The molecule has 172 valence electrons. The standard InChI is InChI=1S/C23H28N2O5S2/c1-17-4-6-19(7-5-17)31-18(2)23(26)24-10-12-25(13-11-24)32(27,28)20-8-9-21-22(16-20)30-15-3-14-29-21/h4-9,16,18H,3,10-15H2,1-2H3. The van der Waals surface area contributed by atoms with E-state index >= 15 is 0 Å². The maximum absolute atomic E-state index is 13.2. The molecule has 2 aromatic rings. The lowest BCUT2D eigenvalue weighted by Crippen LogP contribution is -2.52. The van der Waals surface area contributed by atoms with Crippen LogP contribution in [0.2, 0.25) is 0 Å². The van der Waals surface area contributed by atoms with Crippen molar-refractivity contribution in [3.63, 3.8) is 0 Å². The van der Waals surface area contributed by atoms with Crippen molar-refractivity contribution < 1.29 is 22.7 Å². The average Bonchev–Trinajstić information content (AvgIpc) is 3.05. The molecule has 32 heavy (non-hydrogen) atoms. The monoisotopic (exact) mass is 476 g/mol. The topological polar surface area (TPSA) is 76.2 Å². The molecule has 0 aromatic heterocycles. The number of ether oxygens (including phenoxy) is 2. The summed E-state index contributed by atoms with van der Waals surface area (Å²) < 4.78 is 39.0. The molecule has 1 amide bonds. The van der Waals surface area contributed by atoms with E-state index in [4.69, 9.17) is 9.47 Å². The third-order valence-corrected chi connectivity index (χ3v) is 8.58. The van der Waals surface area contributed by atoms with Crippen molar-refractivity contribution in [2.24, 2.45) is 0 Å². The van der Waals surface area contributed by atoms with E-state index in [-0.39, 0.29) is 29.1 Å². The normalized spacial score (nSPS) is 18.1. The molecule has 2 aromatic carbocycles. The van der Waals surface area contributed by atoms with Crippen LogP contribution in [-0.4, -0.2) is 68.2 Å². The Morgan fingerprint density at radius 3 is 2.31 bits per heavy atom. The molecule has 1 unspecified atom stereocenters. The number of rotatable bonds is 5. The lowest BCUT2D eigenvalue weighted by molar-refractivity contribution is -0.131. The van der Waals surface area contributed by atoms with Crippen LogP contribution >= 0.6 is 11.8 Å². The average molecular weight is 477 g/mol. The minimum Gasteiger partial charge on any atom is -0.490 e. The fourth-order valence-electron chi connectivity index (χ4n) is 3.73. The second-order valence-electron chi connectivity index (χ2n) is 7.96. The molecular formula is C23H28N2O5S2. The van der Waals surface area contributed by atoms with Crippen LogP contribution in [0.25, 0.3) is 0 Å². The van der Waals surface area contributed by atoms with Crippen molar-refractivity contribution >= 4 is 27.7 Å². The van der Waals surface area contributed by atoms with Gasteiger partial charge >= 0.3 is 0 Å². The van der Waals surface area contributed by atoms with Gasteiger partial charge in [-0.1, -0.05) is 17.7 Å². The van der Waals surface area contributed by atoms with Gasteiger partial charge in [-0.3, -0.25) is 4.79 Å². The van der Waals surface area contributed by atoms with E-state index in [1.807, 2.05) is 38.1 Å². The summed E-state index contributed by atoms with van der Waals surface area (Å²) in [5.41, 5.74) is 1.18. The van der Waals surface area contributed by atoms with E-state index in [2.05, 4.69) is 0 Å². The summed E-state index contributed by atoms with van der Waals surface area (Å²) in [6.07, 6.45) is 0.757. The fourth-order valence-corrected chi connectivity index (χ4v) is 6.12. The molecule has 0 N–H and O–H groups in total. The van der Waals surface area contributed by atoms with Crippen molar-refractivity contribution in [1.82, 2.24) is 9.21 Å². The van der Waals surface area contributed by atoms with E-state index < -0.39 is 10.0 Å². The summed E-state index contributed by atoms with van der Waals surface area (Å²) in [6, 6.07) is 12.8. The summed E-state index contributed by atoms with van der Waals surface area (Å²) in [7, 11) is -3.67. The molecule has 0 saturated carbocycles. The lowest BCUT2D eigenvalue weighted by atomic mass is 10.2. The predicted molar refractivity (Wildman–Crippen MR) is 124 cm³/mol. The number of sulfonamides is 1.